The molecule has 0 saturated heterocycles. The molecule has 0 aromatic heterocycles. The molecule has 170 valence electrons. The van der Waals surface area contributed by atoms with E-state index in [0.717, 1.165) is 0 Å². The van der Waals surface area contributed by atoms with Crippen LogP contribution in [0.4, 0.5) is 5.69 Å². The van der Waals surface area contributed by atoms with Crippen molar-refractivity contribution < 1.29 is 0 Å². The van der Waals surface area contributed by atoms with Crippen molar-refractivity contribution in [3.05, 3.63) is 76.1 Å². The van der Waals surface area contributed by atoms with Gasteiger partial charge < -0.3 is 9.80 Å². The Morgan fingerprint density at radius 3 is 1.91 bits per heavy atom. The van der Waals surface area contributed by atoms with Gasteiger partial charge in [-0.25, -0.2) is 0 Å². The van der Waals surface area contributed by atoms with Crippen molar-refractivity contribution >= 4 is 5.69 Å². The highest BCUT2D eigenvalue weighted by molar-refractivity contribution is 5.63. The summed E-state index contributed by atoms with van der Waals surface area (Å²) in [4.78, 5) is 5.65. The summed E-state index contributed by atoms with van der Waals surface area (Å²) >= 11 is 0. The average Bonchev–Trinajstić information content (AvgIpc) is 3.41. The van der Waals surface area contributed by atoms with Gasteiger partial charge in [0, 0.05) is 34.6 Å². The predicted molar refractivity (Wildman–Crippen MR) is 136 cm³/mol. The lowest BCUT2D eigenvalue weighted by Crippen LogP contribution is -2.40. The second-order valence-corrected chi connectivity index (χ2v) is 10.5. The zero-order valence-corrected chi connectivity index (χ0v) is 20.5. The predicted octanol–water partition coefficient (Wildman–Crippen LogP) is 8.19. The van der Waals surface area contributed by atoms with E-state index in [1.165, 1.54) is 91.4 Å². The Bertz CT molecular complexity index is 971. The quantitative estimate of drug-likeness (QED) is 0.484. The first-order valence-electron chi connectivity index (χ1n) is 13.0. The maximum absolute atomic E-state index is 2.93. The highest BCUT2D eigenvalue weighted by Gasteiger charge is 2.45. The molecule has 0 spiro atoms. The monoisotopic (exact) mass is 428 g/mol. The number of hydrogen-bond acceptors (Lipinski definition) is 2. The second-order valence-electron chi connectivity index (χ2n) is 10.5. The van der Waals surface area contributed by atoms with Gasteiger partial charge >= 0.3 is 0 Å². The van der Waals surface area contributed by atoms with E-state index >= 15 is 0 Å². The number of allylic oxidation sites excluding steroid dienone is 2. The van der Waals surface area contributed by atoms with Gasteiger partial charge in [0.2, 0.25) is 0 Å². The molecule has 2 nitrogen and oxygen atoms in total. The number of para-hydroxylation sites is 1. The molecule has 0 N–H and O–H groups in total. The van der Waals surface area contributed by atoms with E-state index in [1.54, 1.807) is 5.70 Å². The lowest BCUT2D eigenvalue weighted by Gasteiger charge is -2.42. The summed E-state index contributed by atoms with van der Waals surface area (Å²) in [6.07, 6.45) is 12.6. The van der Waals surface area contributed by atoms with Crippen molar-refractivity contribution in [3.8, 4) is 0 Å². The van der Waals surface area contributed by atoms with Gasteiger partial charge in [-0.1, -0.05) is 68.5 Å². The fraction of sp³-hybridized carbons (Fsp3) is 0.533. The molecule has 2 aromatic carbocycles. The third-order valence-electron chi connectivity index (χ3n) is 8.40. The molecular weight excluding hydrogens is 388 g/mol. The molecule has 0 amide bonds. The van der Waals surface area contributed by atoms with Gasteiger partial charge in [-0.2, -0.15) is 0 Å². The molecule has 1 aliphatic heterocycles. The maximum atomic E-state index is 2.93. The summed E-state index contributed by atoms with van der Waals surface area (Å²) in [5.41, 5.74) is 10.3. The van der Waals surface area contributed by atoms with E-state index in [4.69, 9.17) is 0 Å². The maximum Gasteiger partial charge on any atom is 0.133 e. The van der Waals surface area contributed by atoms with Crippen LogP contribution in [-0.2, 0) is 0 Å². The fourth-order valence-electron chi connectivity index (χ4n) is 6.86. The molecule has 2 aromatic rings. The van der Waals surface area contributed by atoms with Gasteiger partial charge in [0.1, 0.15) is 6.17 Å². The summed E-state index contributed by atoms with van der Waals surface area (Å²) in [5.74, 6) is 0.713. The highest BCUT2D eigenvalue weighted by Crippen LogP contribution is 2.52. The Morgan fingerprint density at radius 2 is 1.25 bits per heavy atom. The first kappa shape index (κ1) is 21.6. The van der Waals surface area contributed by atoms with Crippen molar-refractivity contribution in [2.75, 3.05) is 4.90 Å². The second kappa shape index (κ2) is 8.96. The van der Waals surface area contributed by atoms with Crippen LogP contribution in [0.25, 0.3) is 0 Å². The van der Waals surface area contributed by atoms with Gasteiger partial charge in [0.05, 0.1) is 0 Å². The van der Waals surface area contributed by atoms with Crippen molar-refractivity contribution in [1.82, 2.24) is 4.90 Å². The van der Waals surface area contributed by atoms with E-state index in [1.807, 2.05) is 0 Å². The molecule has 2 aliphatic carbocycles. The zero-order valence-electron chi connectivity index (χ0n) is 20.5. The van der Waals surface area contributed by atoms with E-state index in [2.05, 4.69) is 80.0 Å². The van der Waals surface area contributed by atoms with Gasteiger partial charge in [-0.3, -0.25) is 0 Å². The van der Waals surface area contributed by atoms with Crippen LogP contribution in [-0.4, -0.2) is 10.9 Å². The lowest BCUT2D eigenvalue weighted by atomic mass is 9.85. The van der Waals surface area contributed by atoms with Crippen LogP contribution in [0.2, 0.25) is 0 Å². The summed E-state index contributed by atoms with van der Waals surface area (Å²) in [7, 11) is 0. The third kappa shape index (κ3) is 3.66. The van der Waals surface area contributed by atoms with Crippen LogP contribution in [0.3, 0.4) is 0 Å². The van der Waals surface area contributed by atoms with Gasteiger partial charge in [-0.05, 0) is 76.1 Å². The molecule has 1 atom stereocenters. The minimum atomic E-state index is 0.275. The summed E-state index contributed by atoms with van der Waals surface area (Å²) < 4.78 is 0. The Morgan fingerprint density at radius 1 is 0.656 bits per heavy atom. The molecule has 5 rings (SSSR count). The van der Waals surface area contributed by atoms with E-state index in [-0.39, 0.29) is 6.17 Å². The topological polar surface area (TPSA) is 6.48 Å². The molecule has 1 unspecified atom stereocenters. The highest BCUT2D eigenvalue weighted by atomic mass is 15.4. The Kier molecular flexibility index (Phi) is 6.05. The molecular formula is C30H40N2. The first-order chi connectivity index (χ1) is 15.6. The van der Waals surface area contributed by atoms with Gasteiger partial charge in [-0.15, -0.1) is 0 Å². The first-order valence-corrected chi connectivity index (χ1v) is 13.0. The minimum absolute atomic E-state index is 0.275. The zero-order chi connectivity index (χ0) is 22.2. The Balaban J connectivity index is 1.73. The smallest absolute Gasteiger partial charge is 0.133 e. The molecule has 0 bridgehead atoms. The summed E-state index contributed by atoms with van der Waals surface area (Å²) in [6.45, 7) is 9.34. The minimum Gasteiger partial charge on any atom is -0.346 e. The van der Waals surface area contributed by atoms with E-state index < -0.39 is 0 Å². The number of benzene rings is 2. The van der Waals surface area contributed by atoms with Crippen molar-refractivity contribution in [1.29, 1.82) is 0 Å². The van der Waals surface area contributed by atoms with Crippen LogP contribution in [0.5, 0.6) is 0 Å². The van der Waals surface area contributed by atoms with Crippen LogP contribution in [0.15, 0.2) is 53.9 Å². The fourth-order valence-corrected chi connectivity index (χ4v) is 6.86. The number of rotatable bonds is 4. The number of hydrogen-bond donors (Lipinski definition) is 0. The molecule has 32 heavy (non-hydrogen) atoms. The lowest BCUT2D eigenvalue weighted by molar-refractivity contribution is 0.173. The number of anilines is 1. The molecule has 2 fully saturated rings. The van der Waals surface area contributed by atoms with Gasteiger partial charge in [0.15, 0.2) is 0 Å². The number of aryl methyl sites for hydroxylation is 3. The van der Waals surface area contributed by atoms with Crippen LogP contribution in [0.1, 0.15) is 93.1 Å². The summed E-state index contributed by atoms with van der Waals surface area (Å²) in [6, 6.07) is 16.6. The van der Waals surface area contributed by atoms with E-state index in [0.29, 0.717) is 12.0 Å². The molecule has 3 aliphatic rings. The molecule has 2 saturated carbocycles. The Hall–Kier alpha value is -2.22. The van der Waals surface area contributed by atoms with Crippen LogP contribution in [0, 0.1) is 26.7 Å². The SMILES string of the molecule is CC1=C(C2CCCCC2)N(C2CCCC2)C(c2c(C)cccc2C)N1c1ccccc1C. The largest absolute Gasteiger partial charge is 0.346 e. The standard InChI is InChI=1S/C30H40N2/c1-21-13-8-11-20-27(21)31-24(4)29(25-16-6-5-7-17-25)32(26-18-9-10-19-26)30(31)28-22(2)14-12-15-23(28)3/h8,11-15,20,25-26,30H,5-7,9-10,16-19H2,1-4H3. The third-order valence-corrected chi connectivity index (χ3v) is 8.40. The number of nitrogens with zero attached hydrogens (tertiary/aromatic N) is 2. The molecule has 0 radical (unpaired) electrons. The average molecular weight is 429 g/mol. The van der Waals surface area contributed by atoms with Gasteiger partial charge in [0.25, 0.3) is 0 Å². The van der Waals surface area contributed by atoms with Crippen molar-refractivity contribution in [2.45, 2.75) is 97.7 Å². The van der Waals surface area contributed by atoms with Crippen LogP contribution < -0.4 is 4.90 Å². The van der Waals surface area contributed by atoms with Crippen LogP contribution >= 0.6 is 0 Å². The van der Waals surface area contributed by atoms with Crippen molar-refractivity contribution in [2.24, 2.45) is 5.92 Å². The summed E-state index contributed by atoms with van der Waals surface area (Å²) in [5, 5.41) is 0. The normalized spacial score (nSPS) is 22.9. The molecule has 1 heterocycles. The Labute approximate surface area is 195 Å². The molecule has 2 heteroatoms. The van der Waals surface area contributed by atoms with E-state index in [9.17, 15) is 0 Å². The van der Waals surface area contributed by atoms with Crippen molar-refractivity contribution in [3.63, 3.8) is 0 Å².